The lowest BCUT2D eigenvalue weighted by molar-refractivity contribution is 0.218. The lowest BCUT2D eigenvalue weighted by atomic mass is 9.65. The van der Waals surface area contributed by atoms with Gasteiger partial charge in [-0.1, -0.05) is 72.4 Å². The molecule has 1 heteroatoms. The van der Waals surface area contributed by atoms with E-state index in [0.29, 0.717) is 5.41 Å². The molecule has 0 nitrogen and oxygen atoms in total. The third-order valence-corrected chi connectivity index (χ3v) is 5.61. The molecule has 0 bridgehead atoms. The molecule has 0 amide bonds. The van der Waals surface area contributed by atoms with Crippen LogP contribution in [0.15, 0.2) is 30.3 Å². The van der Waals surface area contributed by atoms with Gasteiger partial charge in [-0.05, 0) is 30.7 Å². The lowest BCUT2D eigenvalue weighted by Crippen LogP contribution is -2.37. The summed E-state index contributed by atoms with van der Waals surface area (Å²) >= 11 is 3.81. The average Bonchev–Trinajstić information content (AvgIpc) is 2.43. The minimum atomic E-state index is 0.363. The molecule has 0 aliphatic heterocycles. The van der Waals surface area contributed by atoms with Gasteiger partial charge in [-0.15, -0.1) is 0 Å². The van der Waals surface area contributed by atoms with Crippen LogP contribution in [0.5, 0.6) is 0 Å². The van der Waals surface area contributed by atoms with Crippen molar-refractivity contribution in [3.8, 4) is 0 Å². The average molecular weight is 295 g/mol. The van der Waals surface area contributed by atoms with Gasteiger partial charge in [0.1, 0.15) is 0 Å². The molecule has 17 heavy (non-hydrogen) atoms. The van der Waals surface area contributed by atoms with Crippen molar-refractivity contribution in [1.82, 2.24) is 0 Å². The minimum absolute atomic E-state index is 0.363. The standard InChI is InChI=1S/C16H23Br/c1-2-16(13-17,14-9-5-3-6-10-14)15-11-7-4-8-12-15/h3,5-6,9-10,15H,2,4,7-8,11-13H2,1H3. The van der Waals surface area contributed by atoms with Gasteiger partial charge in [0.05, 0.1) is 0 Å². The van der Waals surface area contributed by atoms with E-state index in [4.69, 9.17) is 0 Å². The van der Waals surface area contributed by atoms with E-state index in [1.54, 1.807) is 0 Å². The molecule has 1 aromatic rings. The molecule has 1 aliphatic carbocycles. The summed E-state index contributed by atoms with van der Waals surface area (Å²) in [7, 11) is 0. The Labute approximate surface area is 114 Å². The van der Waals surface area contributed by atoms with Crippen molar-refractivity contribution in [2.75, 3.05) is 5.33 Å². The van der Waals surface area contributed by atoms with Gasteiger partial charge in [0.15, 0.2) is 0 Å². The second kappa shape index (κ2) is 6.04. The molecule has 1 saturated carbocycles. The predicted octanol–water partition coefficient (Wildman–Crippen LogP) is 5.31. The summed E-state index contributed by atoms with van der Waals surface area (Å²) in [5.74, 6) is 0.864. The van der Waals surface area contributed by atoms with Gasteiger partial charge in [0.25, 0.3) is 0 Å². The molecule has 0 spiro atoms. The van der Waals surface area contributed by atoms with Crippen LogP contribution in [-0.4, -0.2) is 5.33 Å². The molecule has 0 N–H and O–H groups in total. The normalized spacial score (nSPS) is 21.1. The second-order valence-electron chi connectivity index (χ2n) is 5.34. The maximum absolute atomic E-state index is 3.81. The molecule has 0 saturated heterocycles. The first-order chi connectivity index (χ1) is 8.33. The number of rotatable bonds is 4. The van der Waals surface area contributed by atoms with Crippen LogP contribution in [0.3, 0.4) is 0 Å². The Morgan fingerprint density at radius 2 is 1.76 bits per heavy atom. The number of hydrogen-bond acceptors (Lipinski definition) is 0. The van der Waals surface area contributed by atoms with Gasteiger partial charge in [-0.25, -0.2) is 0 Å². The van der Waals surface area contributed by atoms with E-state index in [0.717, 1.165) is 11.2 Å². The fourth-order valence-corrected chi connectivity index (χ4v) is 4.61. The number of benzene rings is 1. The summed E-state index contributed by atoms with van der Waals surface area (Å²) in [5, 5.41) is 1.10. The smallest absolute Gasteiger partial charge is 0.0131 e. The van der Waals surface area contributed by atoms with E-state index in [-0.39, 0.29) is 0 Å². The van der Waals surface area contributed by atoms with Gasteiger partial charge in [-0.2, -0.15) is 0 Å². The van der Waals surface area contributed by atoms with Crippen LogP contribution in [0.2, 0.25) is 0 Å². The molecule has 0 heterocycles. The molecule has 0 radical (unpaired) electrons. The molecular weight excluding hydrogens is 272 g/mol. The third kappa shape index (κ3) is 2.59. The van der Waals surface area contributed by atoms with Crippen molar-refractivity contribution in [2.45, 2.75) is 50.9 Å². The monoisotopic (exact) mass is 294 g/mol. The molecule has 1 aromatic carbocycles. The Morgan fingerprint density at radius 3 is 2.29 bits per heavy atom. The number of hydrogen-bond donors (Lipinski definition) is 0. The third-order valence-electron chi connectivity index (χ3n) is 4.60. The Hall–Kier alpha value is -0.300. The molecular formula is C16H23Br. The van der Waals surface area contributed by atoms with Crippen LogP contribution >= 0.6 is 15.9 Å². The van der Waals surface area contributed by atoms with Crippen LogP contribution in [-0.2, 0) is 5.41 Å². The minimum Gasteiger partial charge on any atom is -0.0918 e. The Kier molecular flexibility index (Phi) is 4.67. The van der Waals surface area contributed by atoms with Crippen molar-refractivity contribution in [3.63, 3.8) is 0 Å². The summed E-state index contributed by atoms with van der Waals surface area (Å²) in [5.41, 5.74) is 1.90. The summed E-state index contributed by atoms with van der Waals surface area (Å²) in [6, 6.07) is 11.1. The molecule has 0 aromatic heterocycles. The van der Waals surface area contributed by atoms with Crippen molar-refractivity contribution in [1.29, 1.82) is 0 Å². The first-order valence-corrected chi connectivity index (χ1v) is 8.07. The molecule has 1 aliphatic rings. The summed E-state index contributed by atoms with van der Waals surface area (Å²) in [4.78, 5) is 0. The van der Waals surface area contributed by atoms with Crippen LogP contribution in [0.4, 0.5) is 0 Å². The predicted molar refractivity (Wildman–Crippen MR) is 78.8 cm³/mol. The first-order valence-electron chi connectivity index (χ1n) is 6.95. The zero-order valence-corrected chi connectivity index (χ0v) is 12.4. The highest BCUT2D eigenvalue weighted by atomic mass is 79.9. The molecule has 94 valence electrons. The summed E-state index contributed by atoms with van der Waals surface area (Å²) < 4.78 is 0. The van der Waals surface area contributed by atoms with Crippen LogP contribution < -0.4 is 0 Å². The molecule has 2 rings (SSSR count). The van der Waals surface area contributed by atoms with Gasteiger partial charge < -0.3 is 0 Å². The van der Waals surface area contributed by atoms with Crippen LogP contribution in [0, 0.1) is 5.92 Å². The topological polar surface area (TPSA) is 0 Å². The van der Waals surface area contributed by atoms with Gasteiger partial charge in [-0.3, -0.25) is 0 Å². The van der Waals surface area contributed by atoms with Gasteiger partial charge in [0, 0.05) is 10.7 Å². The van der Waals surface area contributed by atoms with E-state index in [1.807, 2.05) is 0 Å². The van der Waals surface area contributed by atoms with Crippen molar-refractivity contribution in [3.05, 3.63) is 35.9 Å². The lowest BCUT2D eigenvalue weighted by Gasteiger charge is -2.42. The highest BCUT2D eigenvalue weighted by Crippen LogP contribution is 2.44. The molecule has 1 atom stereocenters. The summed E-state index contributed by atoms with van der Waals surface area (Å²) in [6.45, 7) is 2.35. The number of halogens is 1. The van der Waals surface area contributed by atoms with Gasteiger partial charge >= 0.3 is 0 Å². The zero-order chi connectivity index (χ0) is 12.1. The van der Waals surface area contributed by atoms with Crippen molar-refractivity contribution in [2.24, 2.45) is 5.92 Å². The fourth-order valence-electron chi connectivity index (χ4n) is 3.43. The molecule has 1 unspecified atom stereocenters. The van der Waals surface area contributed by atoms with Crippen LogP contribution in [0.1, 0.15) is 51.0 Å². The Balaban J connectivity index is 2.30. The van der Waals surface area contributed by atoms with Crippen molar-refractivity contribution < 1.29 is 0 Å². The zero-order valence-electron chi connectivity index (χ0n) is 10.8. The first kappa shape index (κ1) is 13.1. The van der Waals surface area contributed by atoms with Gasteiger partial charge in [0.2, 0.25) is 0 Å². The van der Waals surface area contributed by atoms with E-state index in [1.165, 1.54) is 44.1 Å². The summed E-state index contributed by atoms with van der Waals surface area (Å²) in [6.07, 6.45) is 8.35. The largest absolute Gasteiger partial charge is 0.0918 e. The maximum atomic E-state index is 3.81. The number of alkyl halides is 1. The van der Waals surface area contributed by atoms with E-state index >= 15 is 0 Å². The Morgan fingerprint density at radius 1 is 1.12 bits per heavy atom. The van der Waals surface area contributed by atoms with E-state index in [2.05, 4.69) is 53.2 Å². The fraction of sp³-hybridized carbons (Fsp3) is 0.625. The highest BCUT2D eigenvalue weighted by molar-refractivity contribution is 9.09. The quantitative estimate of drug-likeness (QED) is 0.660. The Bertz CT molecular complexity index is 321. The van der Waals surface area contributed by atoms with Crippen LogP contribution in [0.25, 0.3) is 0 Å². The SMILES string of the molecule is CCC(CBr)(c1ccccc1)C1CCCCC1. The molecule has 1 fully saturated rings. The van der Waals surface area contributed by atoms with E-state index < -0.39 is 0 Å². The van der Waals surface area contributed by atoms with E-state index in [9.17, 15) is 0 Å². The highest BCUT2D eigenvalue weighted by Gasteiger charge is 2.38. The maximum Gasteiger partial charge on any atom is 0.0131 e. The second-order valence-corrected chi connectivity index (χ2v) is 5.91. The van der Waals surface area contributed by atoms with Crippen molar-refractivity contribution >= 4 is 15.9 Å².